The zero-order valence-electron chi connectivity index (χ0n) is 10.5. The number of hydrogen-bond donors (Lipinski definition) is 1. The molecule has 4 nitrogen and oxygen atoms in total. The molecule has 0 aromatic carbocycles. The van der Waals surface area contributed by atoms with E-state index in [0.29, 0.717) is 5.92 Å². The molecule has 1 aliphatic rings. The lowest BCUT2D eigenvalue weighted by atomic mass is 10.1. The van der Waals surface area contributed by atoms with E-state index in [2.05, 4.69) is 9.88 Å². The van der Waals surface area contributed by atoms with E-state index >= 15 is 0 Å². The standard InChI is InChI=1S/C13H20N2O2/c1-10(16)12-3-5-14-13(7-12)15-6-4-11(8-15)9-17-2/h3,5,7,10-11,16H,4,6,8-9H2,1-2H3. The Balaban J connectivity index is 2.05. The second kappa shape index (κ2) is 5.47. The van der Waals surface area contributed by atoms with Gasteiger partial charge in [-0.15, -0.1) is 0 Å². The van der Waals surface area contributed by atoms with Gasteiger partial charge in [-0.1, -0.05) is 0 Å². The molecule has 17 heavy (non-hydrogen) atoms. The molecule has 2 heterocycles. The van der Waals surface area contributed by atoms with Crippen molar-refractivity contribution in [3.63, 3.8) is 0 Å². The summed E-state index contributed by atoms with van der Waals surface area (Å²) in [6.45, 7) is 4.60. The molecule has 1 fully saturated rings. The van der Waals surface area contributed by atoms with Gasteiger partial charge in [-0.2, -0.15) is 0 Å². The van der Waals surface area contributed by atoms with E-state index in [0.717, 1.165) is 37.5 Å². The van der Waals surface area contributed by atoms with E-state index < -0.39 is 6.10 Å². The minimum absolute atomic E-state index is 0.436. The highest BCUT2D eigenvalue weighted by Gasteiger charge is 2.23. The van der Waals surface area contributed by atoms with Crippen molar-refractivity contribution in [2.45, 2.75) is 19.4 Å². The van der Waals surface area contributed by atoms with Gasteiger partial charge in [-0.05, 0) is 31.0 Å². The van der Waals surface area contributed by atoms with Crippen LogP contribution in [0.4, 0.5) is 5.82 Å². The first-order valence-electron chi connectivity index (χ1n) is 6.08. The molecule has 2 rings (SSSR count). The van der Waals surface area contributed by atoms with Crippen LogP contribution in [0.5, 0.6) is 0 Å². The van der Waals surface area contributed by atoms with Crippen LogP contribution < -0.4 is 4.90 Å². The second-order valence-corrected chi connectivity index (χ2v) is 4.68. The van der Waals surface area contributed by atoms with Gasteiger partial charge in [0.25, 0.3) is 0 Å². The predicted octanol–water partition coefficient (Wildman–Crippen LogP) is 1.61. The maximum atomic E-state index is 9.56. The molecule has 94 valence electrons. The van der Waals surface area contributed by atoms with Crippen LogP contribution in [0, 0.1) is 5.92 Å². The third-order valence-corrected chi connectivity index (χ3v) is 3.26. The molecule has 1 aliphatic heterocycles. The molecule has 2 unspecified atom stereocenters. The van der Waals surface area contributed by atoms with Gasteiger partial charge in [0.1, 0.15) is 5.82 Å². The number of hydrogen-bond acceptors (Lipinski definition) is 4. The van der Waals surface area contributed by atoms with Gasteiger partial charge in [0, 0.05) is 32.3 Å². The van der Waals surface area contributed by atoms with Gasteiger partial charge in [-0.3, -0.25) is 0 Å². The van der Waals surface area contributed by atoms with Crippen LogP contribution in [0.25, 0.3) is 0 Å². The van der Waals surface area contributed by atoms with E-state index in [1.54, 1.807) is 20.2 Å². The molecule has 1 aromatic heterocycles. The highest BCUT2D eigenvalue weighted by Crippen LogP contribution is 2.24. The van der Waals surface area contributed by atoms with Crippen molar-refractivity contribution in [3.05, 3.63) is 23.9 Å². The fourth-order valence-electron chi connectivity index (χ4n) is 2.28. The maximum absolute atomic E-state index is 9.56. The number of nitrogens with zero attached hydrogens (tertiary/aromatic N) is 2. The number of aromatic nitrogens is 1. The normalized spacial score (nSPS) is 21.8. The van der Waals surface area contributed by atoms with E-state index in [1.807, 2.05) is 12.1 Å². The molecule has 1 saturated heterocycles. The largest absolute Gasteiger partial charge is 0.389 e. The number of aliphatic hydroxyl groups is 1. The monoisotopic (exact) mass is 236 g/mol. The zero-order chi connectivity index (χ0) is 12.3. The Hall–Kier alpha value is -1.13. The summed E-state index contributed by atoms with van der Waals surface area (Å²) in [4.78, 5) is 6.63. The quantitative estimate of drug-likeness (QED) is 0.862. The van der Waals surface area contributed by atoms with Gasteiger partial charge in [0.05, 0.1) is 12.7 Å². The molecule has 1 N–H and O–H groups in total. The summed E-state index contributed by atoms with van der Waals surface area (Å²) in [5, 5.41) is 9.56. The average Bonchev–Trinajstić information content (AvgIpc) is 2.78. The highest BCUT2D eigenvalue weighted by molar-refractivity contribution is 5.42. The minimum Gasteiger partial charge on any atom is -0.389 e. The molecule has 0 bridgehead atoms. The number of pyridine rings is 1. The van der Waals surface area contributed by atoms with Gasteiger partial charge in [0.15, 0.2) is 0 Å². The van der Waals surface area contributed by atoms with Crippen LogP contribution in [0.15, 0.2) is 18.3 Å². The van der Waals surface area contributed by atoms with E-state index in [1.165, 1.54) is 0 Å². The summed E-state index contributed by atoms with van der Waals surface area (Å²) in [5.74, 6) is 1.55. The lowest BCUT2D eigenvalue weighted by molar-refractivity contribution is 0.161. The Morgan fingerprint density at radius 2 is 2.47 bits per heavy atom. The van der Waals surface area contributed by atoms with E-state index in [-0.39, 0.29) is 0 Å². The van der Waals surface area contributed by atoms with E-state index in [9.17, 15) is 5.11 Å². The third-order valence-electron chi connectivity index (χ3n) is 3.26. The van der Waals surface area contributed by atoms with Crippen molar-refractivity contribution in [2.75, 3.05) is 31.7 Å². The van der Waals surface area contributed by atoms with Crippen LogP contribution in [-0.4, -0.2) is 36.9 Å². The number of ether oxygens (including phenoxy) is 1. The van der Waals surface area contributed by atoms with Crippen molar-refractivity contribution in [1.82, 2.24) is 4.98 Å². The number of methoxy groups -OCH3 is 1. The Bertz CT molecular complexity index is 368. The average molecular weight is 236 g/mol. The molecule has 0 spiro atoms. The van der Waals surface area contributed by atoms with Crippen LogP contribution in [0.2, 0.25) is 0 Å². The fraction of sp³-hybridized carbons (Fsp3) is 0.615. The first-order chi connectivity index (χ1) is 8.20. The first-order valence-corrected chi connectivity index (χ1v) is 6.08. The summed E-state index contributed by atoms with van der Waals surface area (Å²) in [6.07, 6.45) is 2.48. The summed E-state index contributed by atoms with van der Waals surface area (Å²) in [5.41, 5.74) is 0.921. The topological polar surface area (TPSA) is 45.6 Å². The van der Waals surface area contributed by atoms with Crippen molar-refractivity contribution >= 4 is 5.82 Å². The molecule has 0 saturated carbocycles. The summed E-state index contributed by atoms with van der Waals surface area (Å²) in [6, 6.07) is 3.83. The Morgan fingerprint density at radius 3 is 3.18 bits per heavy atom. The van der Waals surface area contributed by atoms with Crippen molar-refractivity contribution in [1.29, 1.82) is 0 Å². The third kappa shape index (κ3) is 2.96. The van der Waals surface area contributed by atoms with Crippen LogP contribution >= 0.6 is 0 Å². The highest BCUT2D eigenvalue weighted by atomic mass is 16.5. The Labute approximate surface area is 102 Å². The SMILES string of the molecule is COCC1CCN(c2cc(C(C)O)ccn2)C1. The van der Waals surface area contributed by atoms with Gasteiger partial charge in [-0.25, -0.2) is 4.98 Å². The molecular weight excluding hydrogens is 216 g/mol. The molecule has 0 amide bonds. The van der Waals surface area contributed by atoms with Gasteiger partial charge in [0.2, 0.25) is 0 Å². The lowest BCUT2D eigenvalue weighted by Crippen LogP contribution is -2.22. The zero-order valence-corrected chi connectivity index (χ0v) is 10.5. The lowest BCUT2D eigenvalue weighted by Gasteiger charge is -2.18. The summed E-state index contributed by atoms with van der Waals surface area (Å²) >= 11 is 0. The molecule has 2 atom stereocenters. The van der Waals surface area contributed by atoms with Crippen LogP contribution in [0.1, 0.15) is 25.0 Å². The van der Waals surface area contributed by atoms with E-state index in [4.69, 9.17) is 4.74 Å². The number of aliphatic hydroxyl groups excluding tert-OH is 1. The number of rotatable bonds is 4. The molecule has 4 heteroatoms. The second-order valence-electron chi connectivity index (χ2n) is 4.68. The molecule has 1 aromatic rings. The molecule has 0 radical (unpaired) electrons. The summed E-state index contributed by atoms with van der Waals surface area (Å²) in [7, 11) is 1.75. The van der Waals surface area contributed by atoms with Crippen molar-refractivity contribution < 1.29 is 9.84 Å². The Morgan fingerprint density at radius 1 is 1.65 bits per heavy atom. The minimum atomic E-state index is -0.436. The Kier molecular flexibility index (Phi) is 3.97. The maximum Gasteiger partial charge on any atom is 0.128 e. The van der Waals surface area contributed by atoms with Gasteiger partial charge >= 0.3 is 0 Å². The number of anilines is 1. The van der Waals surface area contributed by atoms with Crippen molar-refractivity contribution in [2.24, 2.45) is 5.92 Å². The van der Waals surface area contributed by atoms with Gasteiger partial charge < -0.3 is 14.7 Å². The fourth-order valence-corrected chi connectivity index (χ4v) is 2.28. The van der Waals surface area contributed by atoms with Crippen LogP contribution in [0.3, 0.4) is 0 Å². The smallest absolute Gasteiger partial charge is 0.128 e. The predicted molar refractivity (Wildman–Crippen MR) is 67.1 cm³/mol. The molecule has 0 aliphatic carbocycles. The summed E-state index contributed by atoms with van der Waals surface area (Å²) < 4.78 is 5.18. The van der Waals surface area contributed by atoms with Crippen molar-refractivity contribution in [3.8, 4) is 0 Å². The first kappa shape index (κ1) is 12.3. The molecular formula is C13H20N2O2. The van der Waals surface area contributed by atoms with Crippen LogP contribution in [-0.2, 0) is 4.74 Å².